The van der Waals surface area contributed by atoms with Gasteiger partial charge in [-0.3, -0.25) is 4.79 Å². The van der Waals surface area contributed by atoms with Crippen molar-refractivity contribution in [2.45, 2.75) is 26.9 Å². The zero-order valence-electron chi connectivity index (χ0n) is 19.5. The first kappa shape index (κ1) is 23.2. The Labute approximate surface area is 203 Å². The zero-order valence-corrected chi connectivity index (χ0v) is 19.5. The van der Waals surface area contributed by atoms with E-state index in [9.17, 15) is 18.0 Å². The van der Waals surface area contributed by atoms with Crippen LogP contribution in [0.2, 0.25) is 0 Å². The number of nitrogens with zero attached hydrogens (tertiary/aromatic N) is 6. The summed E-state index contributed by atoms with van der Waals surface area (Å²) in [6.45, 7) is 5.75. The van der Waals surface area contributed by atoms with Crippen molar-refractivity contribution < 1.29 is 18.0 Å². The number of nitrogens with one attached hydrogen (secondary N) is 1. The van der Waals surface area contributed by atoms with Crippen LogP contribution in [0.3, 0.4) is 0 Å². The number of aromatic nitrogens is 6. The summed E-state index contributed by atoms with van der Waals surface area (Å²) in [5.74, 6) is 0.115. The molecule has 0 atom stereocenters. The van der Waals surface area contributed by atoms with Gasteiger partial charge < -0.3 is 5.32 Å². The molecule has 182 valence electrons. The van der Waals surface area contributed by atoms with Gasteiger partial charge in [-0.1, -0.05) is 17.7 Å². The number of amides is 1. The van der Waals surface area contributed by atoms with Crippen molar-refractivity contribution in [2.75, 3.05) is 5.32 Å². The summed E-state index contributed by atoms with van der Waals surface area (Å²) in [5, 5.41) is 12.3. The molecule has 0 radical (unpaired) electrons. The highest BCUT2D eigenvalue weighted by Crippen LogP contribution is 2.29. The zero-order chi connectivity index (χ0) is 25.6. The molecule has 3 aromatic heterocycles. The predicted octanol–water partition coefficient (Wildman–Crippen LogP) is 5.20. The molecule has 36 heavy (non-hydrogen) atoms. The molecule has 0 aliphatic carbocycles. The van der Waals surface area contributed by atoms with E-state index in [4.69, 9.17) is 0 Å². The Morgan fingerprint density at radius 1 is 0.944 bits per heavy atom. The van der Waals surface area contributed by atoms with E-state index in [1.807, 2.05) is 26.0 Å². The molecule has 3 heterocycles. The van der Waals surface area contributed by atoms with Gasteiger partial charge in [0, 0.05) is 11.6 Å². The Balaban J connectivity index is 1.51. The number of rotatable bonds is 4. The van der Waals surface area contributed by atoms with Crippen molar-refractivity contribution in [2.24, 2.45) is 0 Å². The largest absolute Gasteiger partial charge is 0.416 e. The van der Waals surface area contributed by atoms with Crippen LogP contribution in [0.5, 0.6) is 0 Å². The predicted molar refractivity (Wildman–Crippen MR) is 127 cm³/mol. The average molecular weight is 491 g/mol. The molecule has 11 heteroatoms. The fourth-order valence-electron chi connectivity index (χ4n) is 3.97. The van der Waals surface area contributed by atoms with Gasteiger partial charge in [-0.05, 0) is 56.7 Å². The Morgan fingerprint density at radius 2 is 1.69 bits per heavy atom. The first-order valence-electron chi connectivity index (χ1n) is 10.9. The maximum Gasteiger partial charge on any atom is 0.416 e. The van der Waals surface area contributed by atoms with E-state index in [1.165, 1.54) is 11.0 Å². The van der Waals surface area contributed by atoms with E-state index in [1.54, 1.807) is 23.9 Å². The topological polar surface area (TPSA) is 90.5 Å². The molecule has 8 nitrogen and oxygen atoms in total. The monoisotopic (exact) mass is 491 g/mol. The number of hydrogen-bond acceptors (Lipinski definition) is 5. The summed E-state index contributed by atoms with van der Waals surface area (Å²) < 4.78 is 41.7. The summed E-state index contributed by atoms with van der Waals surface area (Å²) in [4.78, 5) is 21.6. The Kier molecular flexibility index (Phi) is 5.54. The molecule has 5 rings (SSSR count). The number of alkyl halides is 3. The van der Waals surface area contributed by atoms with Crippen LogP contribution in [0.15, 0.2) is 61.1 Å². The SMILES string of the molecule is Cc1ccc(-n2ncc3c(-n4nc(C)cc4NC(=O)c4ccc(C(F)(F)F)cc4)ncnc32)c(C)c1. The van der Waals surface area contributed by atoms with Crippen molar-refractivity contribution in [1.29, 1.82) is 0 Å². The smallest absolute Gasteiger partial charge is 0.306 e. The van der Waals surface area contributed by atoms with E-state index >= 15 is 0 Å². The number of aryl methyl sites for hydroxylation is 3. The molecule has 0 aliphatic heterocycles. The van der Waals surface area contributed by atoms with E-state index in [0.717, 1.165) is 41.1 Å². The molecule has 2 aromatic carbocycles. The first-order valence-corrected chi connectivity index (χ1v) is 10.9. The molecule has 0 saturated heterocycles. The van der Waals surface area contributed by atoms with Crippen molar-refractivity contribution in [1.82, 2.24) is 29.5 Å². The fraction of sp³-hybridized carbons (Fsp3) is 0.160. The van der Waals surface area contributed by atoms with E-state index < -0.39 is 17.6 Å². The second-order valence-electron chi connectivity index (χ2n) is 8.39. The number of fused-ring (bicyclic) bond motifs is 1. The maximum absolute atomic E-state index is 12.9. The molecule has 0 fully saturated rings. The van der Waals surface area contributed by atoms with Gasteiger partial charge in [0.2, 0.25) is 0 Å². The lowest BCUT2D eigenvalue weighted by Crippen LogP contribution is -2.16. The number of halogens is 3. The Morgan fingerprint density at radius 3 is 2.39 bits per heavy atom. The van der Waals surface area contributed by atoms with Crippen LogP contribution in [-0.4, -0.2) is 35.4 Å². The van der Waals surface area contributed by atoms with Crippen LogP contribution < -0.4 is 5.32 Å². The van der Waals surface area contributed by atoms with Crippen LogP contribution in [-0.2, 0) is 6.18 Å². The molecular formula is C25H20F3N7O. The molecule has 1 amide bonds. The Bertz CT molecular complexity index is 1600. The molecule has 0 aliphatic rings. The minimum Gasteiger partial charge on any atom is -0.306 e. The van der Waals surface area contributed by atoms with Crippen LogP contribution in [0.25, 0.3) is 22.5 Å². The highest BCUT2D eigenvalue weighted by Gasteiger charge is 2.30. The van der Waals surface area contributed by atoms with Crippen molar-refractivity contribution >= 4 is 22.8 Å². The lowest BCUT2D eigenvalue weighted by atomic mass is 10.1. The number of carbonyl (C=O) groups is 1. The highest BCUT2D eigenvalue weighted by molar-refractivity contribution is 6.04. The number of carbonyl (C=O) groups excluding carboxylic acids is 1. The average Bonchev–Trinajstić information content (AvgIpc) is 3.42. The molecule has 0 bridgehead atoms. The lowest BCUT2D eigenvalue weighted by molar-refractivity contribution is -0.137. The van der Waals surface area contributed by atoms with Crippen LogP contribution in [0, 0.1) is 20.8 Å². The van der Waals surface area contributed by atoms with Crippen LogP contribution in [0.4, 0.5) is 19.0 Å². The molecule has 0 unspecified atom stereocenters. The molecule has 1 N–H and O–H groups in total. The summed E-state index contributed by atoms with van der Waals surface area (Å²) in [5.41, 5.74) is 3.43. The van der Waals surface area contributed by atoms with E-state index in [0.29, 0.717) is 28.4 Å². The van der Waals surface area contributed by atoms with Gasteiger partial charge >= 0.3 is 6.18 Å². The summed E-state index contributed by atoms with van der Waals surface area (Å²) in [7, 11) is 0. The van der Waals surface area contributed by atoms with Crippen molar-refractivity contribution in [3.05, 3.63) is 89.0 Å². The van der Waals surface area contributed by atoms with Crippen LogP contribution in [0.1, 0.15) is 32.7 Å². The lowest BCUT2D eigenvalue weighted by Gasteiger charge is -2.11. The highest BCUT2D eigenvalue weighted by atomic mass is 19.4. The van der Waals surface area contributed by atoms with Crippen molar-refractivity contribution in [3.63, 3.8) is 0 Å². The quantitative estimate of drug-likeness (QED) is 0.373. The fourth-order valence-corrected chi connectivity index (χ4v) is 3.97. The molecule has 5 aromatic rings. The standard InChI is InChI=1S/C25H20F3N7O/c1-14-4-9-20(15(2)10-14)34-22-19(12-31-34)23(30-13-29-22)35-21(11-16(3)33-35)32-24(36)17-5-7-18(8-6-17)25(26,27)28/h4-13H,1-3H3,(H,32,36). The normalized spacial score (nSPS) is 11.7. The Hall–Kier alpha value is -4.54. The molecule has 0 saturated carbocycles. The molecule has 0 spiro atoms. The van der Waals surface area contributed by atoms with Gasteiger partial charge in [0.25, 0.3) is 5.91 Å². The second-order valence-corrected chi connectivity index (χ2v) is 8.39. The van der Waals surface area contributed by atoms with Gasteiger partial charge in [-0.25, -0.2) is 14.6 Å². The third kappa shape index (κ3) is 4.19. The van der Waals surface area contributed by atoms with E-state index in [2.05, 4.69) is 31.5 Å². The van der Waals surface area contributed by atoms with E-state index in [-0.39, 0.29) is 5.56 Å². The minimum absolute atomic E-state index is 0.0731. The third-order valence-corrected chi connectivity index (χ3v) is 5.67. The number of anilines is 1. The number of benzene rings is 2. The van der Waals surface area contributed by atoms with Gasteiger partial charge in [0.15, 0.2) is 11.5 Å². The second kappa shape index (κ2) is 8.59. The summed E-state index contributed by atoms with van der Waals surface area (Å²) in [6, 6.07) is 11.6. The summed E-state index contributed by atoms with van der Waals surface area (Å²) in [6.07, 6.45) is -1.47. The summed E-state index contributed by atoms with van der Waals surface area (Å²) >= 11 is 0. The first-order chi connectivity index (χ1) is 17.1. The third-order valence-electron chi connectivity index (χ3n) is 5.67. The van der Waals surface area contributed by atoms with Gasteiger partial charge in [-0.2, -0.15) is 28.1 Å². The number of hydrogen-bond donors (Lipinski definition) is 1. The maximum atomic E-state index is 12.9. The van der Waals surface area contributed by atoms with Gasteiger partial charge in [0.05, 0.1) is 28.5 Å². The van der Waals surface area contributed by atoms with Gasteiger partial charge in [0.1, 0.15) is 12.1 Å². The minimum atomic E-state index is -4.48. The molecular weight excluding hydrogens is 471 g/mol. The van der Waals surface area contributed by atoms with Crippen LogP contribution >= 0.6 is 0 Å². The van der Waals surface area contributed by atoms with Gasteiger partial charge in [-0.15, -0.1) is 0 Å². The van der Waals surface area contributed by atoms with Crippen molar-refractivity contribution in [3.8, 4) is 11.5 Å².